The topological polar surface area (TPSA) is 16.1 Å². The summed E-state index contributed by atoms with van der Waals surface area (Å²) in [7, 11) is 2.07. The number of benzene rings is 2. The number of fused-ring (bicyclic) bond motifs is 2. The zero-order chi connectivity index (χ0) is 14.2. The molecule has 1 aliphatic rings. The van der Waals surface area contributed by atoms with E-state index in [1.165, 1.54) is 21.5 Å². The van der Waals surface area contributed by atoms with Crippen molar-refractivity contribution < 1.29 is 0 Å². The van der Waals surface area contributed by atoms with Crippen LogP contribution in [-0.2, 0) is 0 Å². The first-order chi connectivity index (χ1) is 10.3. The van der Waals surface area contributed by atoms with Gasteiger partial charge in [0.1, 0.15) is 5.01 Å². The molecule has 0 radical (unpaired) electrons. The molecule has 0 amide bonds. The summed E-state index contributed by atoms with van der Waals surface area (Å²) >= 11 is 1.73. The summed E-state index contributed by atoms with van der Waals surface area (Å²) in [6, 6.07) is 16.7. The molecule has 0 bridgehead atoms. The van der Waals surface area contributed by atoms with Gasteiger partial charge in [-0.3, -0.25) is 0 Å². The summed E-state index contributed by atoms with van der Waals surface area (Å²) in [5, 5.41) is 1.05. The Morgan fingerprint density at radius 1 is 1.05 bits per heavy atom. The molecule has 0 spiro atoms. The Kier molecular flexibility index (Phi) is 2.86. The third kappa shape index (κ3) is 2.16. The quantitative estimate of drug-likeness (QED) is 0.640. The van der Waals surface area contributed by atoms with E-state index in [9.17, 15) is 0 Å². The Labute approximate surface area is 127 Å². The summed E-state index contributed by atoms with van der Waals surface area (Å²) in [5.41, 5.74) is 4.76. The second-order valence-corrected chi connectivity index (χ2v) is 6.13. The van der Waals surface area contributed by atoms with Gasteiger partial charge in [0.15, 0.2) is 0 Å². The Morgan fingerprint density at radius 3 is 2.76 bits per heavy atom. The Hall–Kier alpha value is -2.39. The summed E-state index contributed by atoms with van der Waals surface area (Å²) in [4.78, 5) is 6.84. The third-order valence-corrected chi connectivity index (χ3v) is 4.65. The van der Waals surface area contributed by atoms with E-state index < -0.39 is 0 Å². The van der Waals surface area contributed by atoms with Gasteiger partial charge in [-0.25, -0.2) is 4.98 Å². The molecule has 2 heterocycles. The fraction of sp³-hybridized carbons (Fsp3) is 0.0556. The number of allylic oxidation sites excluding steroid dienone is 2. The molecule has 2 nitrogen and oxygen atoms in total. The van der Waals surface area contributed by atoms with Gasteiger partial charge in [0.05, 0.1) is 10.2 Å². The van der Waals surface area contributed by atoms with Gasteiger partial charge < -0.3 is 4.90 Å². The summed E-state index contributed by atoms with van der Waals surface area (Å²) in [6.07, 6.45) is 6.42. The van der Waals surface area contributed by atoms with E-state index in [2.05, 4.69) is 72.8 Å². The summed E-state index contributed by atoms with van der Waals surface area (Å²) in [5.74, 6) is 0. The van der Waals surface area contributed by atoms with Crippen molar-refractivity contribution in [2.45, 2.75) is 0 Å². The van der Waals surface area contributed by atoms with E-state index in [1.54, 1.807) is 11.3 Å². The fourth-order valence-electron chi connectivity index (χ4n) is 2.60. The van der Waals surface area contributed by atoms with Gasteiger partial charge in [0, 0.05) is 24.5 Å². The van der Waals surface area contributed by atoms with Gasteiger partial charge in [-0.2, -0.15) is 0 Å². The van der Waals surface area contributed by atoms with Crippen LogP contribution in [-0.4, -0.2) is 12.0 Å². The molecule has 0 saturated heterocycles. The van der Waals surface area contributed by atoms with E-state index in [1.807, 2.05) is 6.07 Å². The van der Waals surface area contributed by atoms with Crippen LogP contribution in [0.3, 0.4) is 0 Å². The van der Waals surface area contributed by atoms with Crippen LogP contribution >= 0.6 is 11.3 Å². The van der Waals surface area contributed by atoms with Crippen LogP contribution in [0.15, 0.2) is 60.8 Å². The lowest BCUT2D eigenvalue weighted by molar-refractivity contribution is 1.18. The number of anilines is 1. The van der Waals surface area contributed by atoms with Crippen molar-refractivity contribution >= 4 is 38.9 Å². The maximum absolute atomic E-state index is 4.69. The molecule has 1 aromatic heterocycles. The molecule has 102 valence electrons. The fourth-order valence-corrected chi connectivity index (χ4v) is 3.52. The SMILES string of the molecule is CN1C=C/C(=C\c2nc3ccccc3s2)c2ccccc21. The highest BCUT2D eigenvalue weighted by Crippen LogP contribution is 2.34. The average Bonchev–Trinajstić information content (AvgIpc) is 2.93. The van der Waals surface area contributed by atoms with Crippen LogP contribution in [0, 0.1) is 0 Å². The number of nitrogens with zero attached hydrogens (tertiary/aromatic N) is 2. The lowest BCUT2D eigenvalue weighted by Crippen LogP contribution is -2.13. The molecular formula is C18H14N2S. The predicted octanol–water partition coefficient (Wildman–Crippen LogP) is 4.80. The highest BCUT2D eigenvalue weighted by atomic mass is 32.1. The highest BCUT2D eigenvalue weighted by Gasteiger charge is 2.13. The molecule has 2 aromatic carbocycles. The number of hydrogen-bond donors (Lipinski definition) is 0. The summed E-state index contributed by atoms with van der Waals surface area (Å²) in [6.45, 7) is 0. The molecule has 1 aliphatic heterocycles. The maximum atomic E-state index is 4.69. The molecule has 0 fully saturated rings. The van der Waals surface area contributed by atoms with Crippen molar-refractivity contribution in [1.29, 1.82) is 0 Å². The normalized spacial score (nSPS) is 15.7. The van der Waals surface area contributed by atoms with Gasteiger partial charge in [-0.15, -0.1) is 11.3 Å². The van der Waals surface area contributed by atoms with Crippen LogP contribution in [0.25, 0.3) is 21.9 Å². The molecule has 0 saturated carbocycles. The first-order valence-corrected chi connectivity index (χ1v) is 7.71. The predicted molar refractivity (Wildman–Crippen MR) is 91.5 cm³/mol. The standard InChI is InChI=1S/C18H14N2S/c1-20-11-10-13(14-6-2-4-8-16(14)20)12-18-19-15-7-3-5-9-17(15)21-18/h2-12H,1H3/b13-12+. The molecule has 3 heteroatoms. The minimum Gasteiger partial charge on any atom is -0.351 e. The second-order valence-electron chi connectivity index (χ2n) is 5.06. The average molecular weight is 290 g/mol. The highest BCUT2D eigenvalue weighted by molar-refractivity contribution is 7.19. The zero-order valence-electron chi connectivity index (χ0n) is 11.7. The van der Waals surface area contributed by atoms with E-state index in [0.717, 1.165) is 10.5 Å². The minimum absolute atomic E-state index is 1.05. The van der Waals surface area contributed by atoms with Gasteiger partial charge >= 0.3 is 0 Å². The van der Waals surface area contributed by atoms with Crippen molar-refractivity contribution in [3.8, 4) is 0 Å². The largest absolute Gasteiger partial charge is 0.351 e. The molecular weight excluding hydrogens is 276 g/mol. The van der Waals surface area contributed by atoms with Gasteiger partial charge in [-0.05, 0) is 35.9 Å². The lowest BCUT2D eigenvalue weighted by Gasteiger charge is -2.23. The Balaban J connectivity index is 1.84. The number of hydrogen-bond acceptors (Lipinski definition) is 3. The van der Waals surface area contributed by atoms with E-state index in [4.69, 9.17) is 4.98 Å². The van der Waals surface area contributed by atoms with E-state index in [0.29, 0.717) is 0 Å². The first kappa shape index (κ1) is 12.4. The zero-order valence-corrected chi connectivity index (χ0v) is 12.5. The van der Waals surface area contributed by atoms with Crippen LogP contribution in [0.5, 0.6) is 0 Å². The number of rotatable bonds is 1. The molecule has 4 rings (SSSR count). The van der Waals surface area contributed by atoms with Gasteiger partial charge in [0.2, 0.25) is 0 Å². The third-order valence-electron chi connectivity index (χ3n) is 3.66. The first-order valence-electron chi connectivity index (χ1n) is 6.89. The van der Waals surface area contributed by atoms with E-state index >= 15 is 0 Å². The Morgan fingerprint density at radius 2 is 1.86 bits per heavy atom. The Bertz CT molecular complexity index is 841. The smallest absolute Gasteiger partial charge is 0.117 e. The second kappa shape index (κ2) is 4.86. The van der Waals surface area contributed by atoms with Crippen molar-refractivity contribution in [3.63, 3.8) is 0 Å². The minimum atomic E-state index is 1.05. The van der Waals surface area contributed by atoms with Gasteiger partial charge in [0.25, 0.3) is 0 Å². The van der Waals surface area contributed by atoms with E-state index in [-0.39, 0.29) is 0 Å². The van der Waals surface area contributed by atoms with Crippen LogP contribution in [0.1, 0.15) is 10.6 Å². The monoisotopic (exact) mass is 290 g/mol. The van der Waals surface area contributed by atoms with Crippen molar-refractivity contribution in [3.05, 3.63) is 71.4 Å². The maximum Gasteiger partial charge on any atom is 0.117 e. The number of thiazole rings is 1. The summed E-state index contributed by atoms with van der Waals surface area (Å²) < 4.78 is 1.23. The van der Waals surface area contributed by atoms with Crippen molar-refractivity contribution in [2.75, 3.05) is 11.9 Å². The number of aromatic nitrogens is 1. The molecule has 0 N–H and O–H groups in total. The molecule has 0 unspecified atom stereocenters. The van der Waals surface area contributed by atoms with Crippen LogP contribution in [0.2, 0.25) is 0 Å². The molecule has 3 aromatic rings. The molecule has 0 aliphatic carbocycles. The van der Waals surface area contributed by atoms with Crippen LogP contribution < -0.4 is 4.90 Å². The van der Waals surface area contributed by atoms with Gasteiger partial charge in [-0.1, -0.05) is 30.3 Å². The van der Waals surface area contributed by atoms with Crippen molar-refractivity contribution in [2.24, 2.45) is 0 Å². The molecule has 21 heavy (non-hydrogen) atoms. The number of para-hydroxylation sites is 2. The molecule has 0 atom stereocenters. The van der Waals surface area contributed by atoms with Crippen LogP contribution in [0.4, 0.5) is 5.69 Å². The lowest BCUT2D eigenvalue weighted by atomic mass is 10.0. The van der Waals surface area contributed by atoms with Crippen molar-refractivity contribution in [1.82, 2.24) is 4.98 Å².